The van der Waals surface area contributed by atoms with Crippen LogP contribution in [0.1, 0.15) is 45.7 Å². The molecular weight excluding hydrogens is 248 g/mol. The van der Waals surface area contributed by atoms with Gasteiger partial charge in [-0.25, -0.2) is 5.32 Å². The monoisotopic (exact) mass is 275 g/mol. The van der Waals surface area contributed by atoms with E-state index in [0.29, 0.717) is 0 Å². The first-order valence-electron chi connectivity index (χ1n) is 7.45. The molecule has 1 radical (unpaired) electrons. The zero-order chi connectivity index (χ0) is 15.0. The molecule has 0 amide bonds. The van der Waals surface area contributed by atoms with Gasteiger partial charge in [-0.15, -0.1) is 0 Å². The first kappa shape index (κ1) is 15.3. The van der Waals surface area contributed by atoms with E-state index >= 15 is 0 Å². The van der Waals surface area contributed by atoms with Crippen molar-refractivity contribution < 1.29 is 5.11 Å². The lowest BCUT2D eigenvalue weighted by atomic mass is 9.82. The van der Waals surface area contributed by atoms with E-state index in [0.717, 1.165) is 31.7 Å². The molecule has 2 rings (SSSR count). The van der Waals surface area contributed by atoms with Gasteiger partial charge in [0.15, 0.2) is 0 Å². The van der Waals surface area contributed by atoms with E-state index in [-0.39, 0.29) is 5.41 Å². The van der Waals surface area contributed by atoms with E-state index in [1.807, 2.05) is 13.8 Å². The molecule has 20 heavy (non-hydrogen) atoms. The highest BCUT2D eigenvalue weighted by molar-refractivity contribution is 5.58. The van der Waals surface area contributed by atoms with Gasteiger partial charge in [0.25, 0.3) is 0 Å². The molecule has 1 heterocycles. The van der Waals surface area contributed by atoms with Crippen molar-refractivity contribution >= 4 is 5.69 Å². The summed E-state index contributed by atoms with van der Waals surface area (Å²) < 4.78 is 0. The second kappa shape index (κ2) is 5.38. The molecule has 1 fully saturated rings. The second-order valence-corrected chi connectivity index (χ2v) is 7.20. The highest BCUT2D eigenvalue weighted by atomic mass is 16.3. The Labute approximate surface area is 123 Å². The molecule has 1 aromatic carbocycles. The summed E-state index contributed by atoms with van der Waals surface area (Å²) in [4.78, 5) is 2.42. The standard InChI is InChI=1S/C17H27N2O/c1-16(2,3)14-12-13(17(4,5)20)6-7-15(14)19-10-8-18-9-11-19/h6-7,12,20H,8-11H2,1-5H3. The molecule has 3 nitrogen and oxygen atoms in total. The average Bonchev–Trinajstić information content (AvgIpc) is 2.37. The van der Waals surface area contributed by atoms with Crippen LogP contribution in [0.2, 0.25) is 0 Å². The van der Waals surface area contributed by atoms with Gasteiger partial charge in [-0.1, -0.05) is 32.9 Å². The summed E-state index contributed by atoms with van der Waals surface area (Å²) in [5.41, 5.74) is 2.84. The molecule has 3 heteroatoms. The topological polar surface area (TPSA) is 37.6 Å². The Morgan fingerprint density at radius 2 is 1.65 bits per heavy atom. The number of hydrogen-bond donors (Lipinski definition) is 1. The Morgan fingerprint density at radius 3 is 2.15 bits per heavy atom. The Balaban J connectivity index is 2.45. The fourth-order valence-corrected chi connectivity index (χ4v) is 2.64. The van der Waals surface area contributed by atoms with Crippen molar-refractivity contribution in [3.8, 4) is 0 Å². The van der Waals surface area contributed by atoms with Crippen molar-refractivity contribution in [2.45, 2.75) is 45.6 Å². The number of nitrogens with zero attached hydrogens (tertiary/aromatic N) is 2. The van der Waals surface area contributed by atoms with Gasteiger partial charge in [0.1, 0.15) is 0 Å². The van der Waals surface area contributed by atoms with E-state index in [9.17, 15) is 5.11 Å². The molecule has 0 saturated carbocycles. The largest absolute Gasteiger partial charge is 0.386 e. The summed E-state index contributed by atoms with van der Waals surface area (Å²) in [5.74, 6) is 0. The van der Waals surface area contributed by atoms with Crippen LogP contribution < -0.4 is 10.2 Å². The van der Waals surface area contributed by atoms with Crippen molar-refractivity contribution in [3.63, 3.8) is 0 Å². The molecule has 0 aromatic heterocycles. The summed E-state index contributed by atoms with van der Waals surface area (Å²) in [6.45, 7) is 14.2. The van der Waals surface area contributed by atoms with Crippen molar-refractivity contribution in [2.24, 2.45) is 0 Å². The zero-order valence-corrected chi connectivity index (χ0v) is 13.4. The average molecular weight is 275 g/mol. The number of piperazine rings is 1. The minimum Gasteiger partial charge on any atom is -0.386 e. The molecule has 0 unspecified atom stereocenters. The molecule has 0 atom stereocenters. The van der Waals surface area contributed by atoms with Crippen LogP contribution in [0.3, 0.4) is 0 Å². The maximum atomic E-state index is 10.3. The smallest absolute Gasteiger partial charge is 0.0840 e. The third kappa shape index (κ3) is 3.33. The third-order valence-electron chi connectivity index (χ3n) is 3.91. The molecule has 0 spiro atoms. The van der Waals surface area contributed by atoms with Gasteiger partial charge >= 0.3 is 0 Å². The highest BCUT2D eigenvalue weighted by Crippen LogP contribution is 2.35. The Hall–Kier alpha value is -1.06. The minimum absolute atomic E-state index is 0.0607. The van der Waals surface area contributed by atoms with Gasteiger partial charge in [-0.05, 0) is 36.5 Å². The third-order valence-corrected chi connectivity index (χ3v) is 3.91. The number of anilines is 1. The fourth-order valence-electron chi connectivity index (χ4n) is 2.64. The first-order chi connectivity index (χ1) is 9.19. The van der Waals surface area contributed by atoms with Crippen LogP contribution in [0.25, 0.3) is 0 Å². The maximum Gasteiger partial charge on any atom is 0.0840 e. The second-order valence-electron chi connectivity index (χ2n) is 7.20. The summed E-state index contributed by atoms with van der Waals surface area (Å²) in [6, 6.07) is 6.39. The molecule has 111 valence electrons. The van der Waals surface area contributed by atoms with Crippen LogP contribution in [-0.2, 0) is 11.0 Å². The first-order valence-corrected chi connectivity index (χ1v) is 7.45. The molecule has 1 aliphatic heterocycles. The lowest BCUT2D eigenvalue weighted by Crippen LogP contribution is -2.41. The molecule has 1 N–H and O–H groups in total. The normalized spacial score (nSPS) is 17.4. The molecular formula is C17H27N2O. The van der Waals surface area contributed by atoms with E-state index in [4.69, 9.17) is 0 Å². The summed E-state index contributed by atoms with van der Waals surface area (Å²) in [5, 5.41) is 14.7. The fraction of sp³-hybridized carbons (Fsp3) is 0.647. The SMILES string of the molecule is CC(C)(C)c1cc(C(C)(C)O)ccc1N1CC[N]CC1. The van der Waals surface area contributed by atoms with Gasteiger partial charge in [0.05, 0.1) is 5.60 Å². The molecule has 0 bridgehead atoms. The number of rotatable bonds is 2. The van der Waals surface area contributed by atoms with Gasteiger partial charge < -0.3 is 10.0 Å². The molecule has 1 saturated heterocycles. The molecule has 1 aliphatic rings. The molecule has 0 aliphatic carbocycles. The minimum atomic E-state index is -0.796. The Kier molecular flexibility index (Phi) is 4.12. The molecule has 1 aromatic rings. The van der Waals surface area contributed by atoms with Crippen molar-refractivity contribution in [1.29, 1.82) is 0 Å². The van der Waals surface area contributed by atoms with Crippen molar-refractivity contribution in [3.05, 3.63) is 29.3 Å². The highest BCUT2D eigenvalue weighted by Gasteiger charge is 2.25. The predicted octanol–water partition coefficient (Wildman–Crippen LogP) is 2.64. The number of benzene rings is 1. The lowest BCUT2D eigenvalue weighted by molar-refractivity contribution is 0.0784. The summed E-state index contributed by atoms with van der Waals surface area (Å²) in [6.07, 6.45) is 0. The maximum absolute atomic E-state index is 10.3. The van der Waals surface area contributed by atoms with E-state index < -0.39 is 5.60 Å². The van der Waals surface area contributed by atoms with Crippen molar-refractivity contribution in [2.75, 3.05) is 31.1 Å². The zero-order valence-electron chi connectivity index (χ0n) is 13.4. The summed E-state index contributed by atoms with van der Waals surface area (Å²) >= 11 is 0. The van der Waals surface area contributed by atoms with E-state index in [2.05, 4.69) is 49.2 Å². The quantitative estimate of drug-likeness (QED) is 0.901. The van der Waals surface area contributed by atoms with Crippen LogP contribution in [0.4, 0.5) is 5.69 Å². The van der Waals surface area contributed by atoms with Crippen LogP contribution in [-0.4, -0.2) is 31.3 Å². The lowest BCUT2D eigenvalue weighted by Gasteiger charge is -2.35. The van der Waals surface area contributed by atoms with Crippen LogP contribution in [0.15, 0.2) is 18.2 Å². The van der Waals surface area contributed by atoms with Crippen LogP contribution in [0.5, 0.6) is 0 Å². The Morgan fingerprint density at radius 1 is 1.05 bits per heavy atom. The van der Waals surface area contributed by atoms with Gasteiger partial charge in [0.2, 0.25) is 0 Å². The van der Waals surface area contributed by atoms with Crippen LogP contribution >= 0.6 is 0 Å². The van der Waals surface area contributed by atoms with Gasteiger partial charge in [0, 0.05) is 31.9 Å². The van der Waals surface area contributed by atoms with Crippen molar-refractivity contribution in [1.82, 2.24) is 5.32 Å². The van der Waals surface area contributed by atoms with Gasteiger partial charge in [-0.3, -0.25) is 0 Å². The van der Waals surface area contributed by atoms with E-state index in [1.165, 1.54) is 11.3 Å². The predicted molar refractivity (Wildman–Crippen MR) is 84.5 cm³/mol. The Bertz CT molecular complexity index is 463. The van der Waals surface area contributed by atoms with Gasteiger partial charge in [-0.2, -0.15) is 0 Å². The summed E-state index contributed by atoms with van der Waals surface area (Å²) in [7, 11) is 0. The number of hydrogen-bond acceptors (Lipinski definition) is 2. The number of aliphatic hydroxyl groups is 1. The van der Waals surface area contributed by atoms with E-state index in [1.54, 1.807) is 0 Å². The van der Waals surface area contributed by atoms with Crippen LogP contribution in [0, 0.1) is 0 Å².